The number of hydrogen-bond donors (Lipinski definition) is 1. The molecule has 0 spiro atoms. The van der Waals surface area contributed by atoms with Gasteiger partial charge in [-0.1, -0.05) is 31.5 Å². The Morgan fingerprint density at radius 2 is 2.15 bits per heavy atom. The summed E-state index contributed by atoms with van der Waals surface area (Å²) < 4.78 is 0. The fourth-order valence-corrected chi connectivity index (χ4v) is 2.78. The molecule has 3 rings (SSSR count). The molecule has 2 heterocycles. The Morgan fingerprint density at radius 1 is 1.40 bits per heavy atom. The summed E-state index contributed by atoms with van der Waals surface area (Å²) in [6.07, 6.45) is 2.13. The number of aromatic nitrogens is 2. The lowest BCUT2D eigenvalue weighted by Gasteiger charge is -2.16. The van der Waals surface area contributed by atoms with Gasteiger partial charge in [0, 0.05) is 18.5 Å². The van der Waals surface area contributed by atoms with Crippen LogP contribution in [0.25, 0.3) is 10.8 Å². The van der Waals surface area contributed by atoms with E-state index < -0.39 is 0 Å². The van der Waals surface area contributed by atoms with Gasteiger partial charge in [-0.2, -0.15) is 5.10 Å². The molecule has 5 nitrogen and oxygen atoms in total. The highest BCUT2D eigenvalue weighted by Gasteiger charge is 2.27. The van der Waals surface area contributed by atoms with E-state index in [9.17, 15) is 9.59 Å². The summed E-state index contributed by atoms with van der Waals surface area (Å²) in [4.78, 5) is 26.1. The van der Waals surface area contributed by atoms with E-state index >= 15 is 0 Å². The van der Waals surface area contributed by atoms with Crippen molar-refractivity contribution in [3.63, 3.8) is 0 Å². The molecular formula is C15H17N3O2. The van der Waals surface area contributed by atoms with Crippen molar-refractivity contribution in [3.05, 3.63) is 40.3 Å². The van der Waals surface area contributed by atoms with Gasteiger partial charge in [0.1, 0.15) is 0 Å². The highest BCUT2D eigenvalue weighted by molar-refractivity contribution is 6.04. The molecule has 1 amide bonds. The molecule has 1 saturated heterocycles. The van der Waals surface area contributed by atoms with Gasteiger partial charge in [0.15, 0.2) is 5.69 Å². The minimum atomic E-state index is -0.259. The number of hydrogen-bond acceptors (Lipinski definition) is 3. The number of amides is 1. The summed E-state index contributed by atoms with van der Waals surface area (Å²) in [5.41, 5.74) is 0.0851. The van der Waals surface area contributed by atoms with E-state index in [2.05, 4.69) is 17.1 Å². The third-order valence-electron chi connectivity index (χ3n) is 4.05. The first-order valence-corrected chi connectivity index (χ1v) is 6.97. The fourth-order valence-electron chi connectivity index (χ4n) is 2.78. The molecule has 1 atom stereocenters. The SMILES string of the molecule is CCC1CCN(C(=O)c2n[nH]c(=O)c3ccccc23)C1. The zero-order valence-electron chi connectivity index (χ0n) is 11.4. The van der Waals surface area contributed by atoms with Gasteiger partial charge < -0.3 is 4.90 Å². The summed E-state index contributed by atoms with van der Waals surface area (Å²) in [5.74, 6) is 0.487. The molecule has 1 aliphatic heterocycles. The monoisotopic (exact) mass is 271 g/mol. The van der Waals surface area contributed by atoms with Gasteiger partial charge in [-0.05, 0) is 18.4 Å². The molecule has 1 N–H and O–H groups in total. The first kappa shape index (κ1) is 12.8. The molecule has 5 heteroatoms. The van der Waals surface area contributed by atoms with Gasteiger partial charge >= 0.3 is 0 Å². The van der Waals surface area contributed by atoms with E-state index in [1.54, 1.807) is 18.2 Å². The Bertz CT molecular complexity index is 708. The van der Waals surface area contributed by atoms with Crippen LogP contribution < -0.4 is 5.56 Å². The van der Waals surface area contributed by atoms with E-state index in [0.717, 1.165) is 25.9 Å². The molecule has 2 aromatic rings. The molecule has 0 radical (unpaired) electrons. The molecule has 1 aromatic heterocycles. The molecule has 1 aromatic carbocycles. The van der Waals surface area contributed by atoms with E-state index in [1.807, 2.05) is 11.0 Å². The van der Waals surface area contributed by atoms with Crippen molar-refractivity contribution in [2.75, 3.05) is 13.1 Å². The minimum absolute atomic E-state index is 0.0894. The normalized spacial score (nSPS) is 18.6. The van der Waals surface area contributed by atoms with Gasteiger partial charge in [0.2, 0.25) is 0 Å². The summed E-state index contributed by atoms with van der Waals surface area (Å²) in [6, 6.07) is 7.09. The number of H-pyrrole nitrogens is 1. The maximum atomic E-state index is 12.6. The summed E-state index contributed by atoms with van der Waals surface area (Å²) >= 11 is 0. The summed E-state index contributed by atoms with van der Waals surface area (Å²) in [7, 11) is 0. The highest BCUT2D eigenvalue weighted by Crippen LogP contribution is 2.22. The lowest BCUT2D eigenvalue weighted by atomic mass is 10.1. The predicted molar refractivity (Wildman–Crippen MR) is 76.7 cm³/mol. The van der Waals surface area contributed by atoms with E-state index in [1.165, 1.54) is 0 Å². The quantitative estimate of drug-likeness (QED) is 0.905. The number of likely N-dealkylation sites (tertiary alicyclic amines) is 1. The topological polar surface area (TPSA) is 66.1 Å². The molecule has 1 unspecified atom stereocenters. The number of benzene rings is 1. The average molecular weight is 271 g/mol. The zero-order valence-corrected chi connectivity index (χ0v) is 11.4. The molecule has 1 aliphatic rings. The second-order valence-electron chi connectivity index (χ2n) is 5.26. The third-order valence-corrected chi connectivity index (χ3v) is 4.05. The van der Waals surface area contributed by atoms with Gasteiger partial charge in [-0.15, -0.1) is 0 Å². The number of carbonyl (C=O) groups excluding carboxylic acids is 1. The van der Waals surface area contributed by atoms with Crippen LogP contribution in [0, 0.1) is 5.92 Å². The van der Waals surface area contributed by atoms with Crippen molar-refractivity contribution >= 4 is 16.7 Å². The number of aromatic amines is 1. The molecule has 104 valence electrons. The fraction of sp³-hybridized carbons (Fsp3) is 0.400. The number of rotatable bonds is 2. The van der Waals surface area contributed by atoms with E-state index in [-0.39, 0.29) is 11.5 Å². The lowest BCUT2D eigenvalue weighted by Crippen LogP contribution is -2.30. The second kappa shape index (κ2) is 5.07. The van der Waals surface area contributed by atoms with Crippen LogP contribution in [-0.2, 0) is 0 Å². The van der Waals surface area contributed by atoms with Crippen LogP contribution >= 0.6 is 0 Å². The molecule has 20 heavy (non-hydrogen) atoms. The Kier molecular flexibility index (Phi) is 3.26. The number of nitrogens with zero attached hydrogens (tertiary/aromatic N) is 2. The van der Waals surface area contributed by atoms with Crippen LogP contribution in [0.5, 0.6) is 0 Å². The van der Waals surface area contributed by atoms with Crippen molar-refractivity contribution in [1.82, 2.24) is 15.1 Å². The van der Waals surface area contributed by atoms with Crippen molar-refractivity contribution in [1.29, 1.82) is 0 Å². The Labute approximate surface area is 116 Å². The van der Waals surface area contributed by atoms with Crippen molar-refractivity contribution in [2.24, 2.45) is 5.92 Å². The van der Waals surface area contributed by atoms with Crippen LogP contribution in [0.3, 0.4) is 0 Å². The largest absolute Gasteiger partial charge is 0.337 e. The van der Waals surface area contributed by atoms with Gasteiger partial charge in [0.05, 0.1) is 5.39 Å². The van der Waals surface area contributed by atoms with E-state index in [0.29, 0.717) is 22.4 Å². The van der Waals surface area contributed by atoms with Crippen LogP contribution in [0.2, 0.25) is 0 Å². The van der Waals surface area contributed by atoms with Crippen molar-refractivity contribution < 1.29 is 4.79 Å². The third kappa shape index (κ3) is 2.09. The summed E-state index contributed by atoms with van der Waals surface area (Å²) in [5, 5.41) is 7.53. The van der Waals surface area contributed by atoms with Gasteiger partial charge in [0.25, 0.3) is 11.5 Å². The lowest BCUT2D eigenvalue weighted by molar-refractivity contribution is 0.0782. The van der Waals surface area contributed by atoms with Crippen LogP contribution in [-0.4, -0.2) is 34.1 Å². The Hall–Kier alpha value is -2.17. The first-order valence-electron chi connectivity index (χ1n) is 6.97. The molecule has 0 aliphatic carbocycles. The number of fused-ring (bicyclic) bond motifs is 1. The second-order valence-corrected chi connectivity index (χ2v) is 5.26. The van der Waals surface area contributed by atoms with Crippen molar-refractivity contribution in [2.45, 2.75) is 19.8 Å². The predicted octanol–water partition coefficient (Wildman–Crippen LogP) is 1.80. The molecule has 0 bridgehead atoms. The van der Waals surface area contributed by atoms with Crippen molar-refractivity contribution in [3.8, 4) is 0 Å². The first-order chi connectivity index (χ1) is 9.70. The standard InChI is InChI=1S/C15H17N3O2/c1-2-10-7-8-18(9-10)15(20)13-11-5-3-4-6-12(11)14(19)17-16-13/h3-6,10H,2,7-9H2,1H3,(H,17,19). The maximum absolute atomic E-state index is 12.6. The van der Waals surface area contributed by atoms with Crippen LogP contribution in [0.15, 0.2) is 29.1 Å². The minimum Gasteiger partial charge on any atom is -0.337 e. The molecule has 0 saturated carbocycles. The average Bonchev–Trinajstić information content (AvgIpc) is 2.96. The smallest absolute Gasteiger partial charge is 0.274 e. The van der Waals surface area contributed by atoms with Gasteiger partial charge in [-0.3, -0.25) is 9.59 Å². The molecule has 1 fully saturated rings. The number of nitrogens with one attached hydrogen (secondary N) is 1. The maximum Gasteiger partial charge on any atom is 0.274 e. The number of carbonyl (C=O) groups is 1. The molecular weight excluding hydrogens is 254 g/mol. The zero-order chi connectivity index (χ0) is 14.1. The Balaban J connectivity index is 2.01. The van der Waals surface area contributed by atoms with Gasteiger partial charge in [-0.25, -0.2) is 5.10 Å². The van der Waals surface area contributed by atoms with Crippen LogP contribution in [0.4, 0.5) is 0 Å². The summed E-state index contributed by atoms with van der Waals surface area (Å²) in [6.45, 7) is 3.70. The van der Waals surface area contributed by atoms with Crippen LogP contribution in [0.1, 0.15) is 30.3 Å². The Morgan fingerprint density at radius 3 is 2.85 bits per heavy atom. The van der Waals surface area contributed by atoms with E-state index in [4.69, 9.17) is 0 Å². The highest BCUT2D eigenvalue weighted by atomic mass is 16.2.